The standard InChI is InChI=1S/C18H21Cl2NO/c1-13(2)22-18-8-7-17(20)11-15(18)12-21-10-9-14-3-5-16(19)6-4-14/h3-8,11,13,21H,9-10,12H2,1-2H3. The van der Waals surface area contributed by atoms with Gasteiger partial charge in [0.05, 0.1) is 6.10 Å². The lowest BCUT2D eigenvalue weighted by Gasteiger charge is -2.15. The molecule has 0 aromatic heterocycles. The highest BCUT2D eigenvalue weighted by molar-refractivity contribution is 6.30. The molecule has 0 unspecified atom stereocenters. The highest BCUT2D eigenvalue weighted by atomic mass is 35.5. The third kappa shape index (κ3) is 5.53. The molecule has 22 heavy (non-hydrogen) atoms. The zero-order chi connectivity index (χ0) is 15.9. The number of nitrogens with one attached hydrogen (secondary N) is 1. The van der Waals surface area contributed by atoms with Gasteiger partial charge in [0.15, 0.2) is 0 Å². The third-order valence-electron chi connectivity index (χ3n) is 3.20. The molecule has 2 nitrogen and oxygen atoms in total. The second-order valence-electron chi connectivity index (χ2n) is 5.47. The van der Waals surface area contributed by atoms with Crippen LogP contribution in [0, 0.1) is 0 Å². The van der Waals surface area contributed by atoms with Gasteiger partial charge in [0, 0.05) is 22.2 Å². The maximum absolute atomic E-state index is 6.08. The molecule has 0 aliphatic carbocycles. The molecule has 0 radical (unpaired) electrons. The van der Waals surface area contributed by atoms with Gasteiger partial charge in [0.25, 0.3) is 0 Å². The first-order valence-corrected chi connectivity index (χ1v) is 8.20. The van der Waals surface area contributed by atoms with E-state index < -0.39 is 0 Å². The van der Waals surface area contributed by atoms with Crippen molar-refractivity contribution in [1.82, 2.24) is 5.32 Å². The number of rotatable bonds is 7. The fourth-order valence-electron chi connectivity index (χ4n) is 2.16. The van der Waals surface area contributed by atoms with Crippen LogP contribution in [-0.2, 0) is 13.0 Å². The molecule has 0 spiro atoms. The van der Waals surface area contributed by atoms with Gasteiger partial charge in [-0.25, -0.2) is 0 Å². The quantitative estimate of drug-likeness (QED) is 0.708. The van der Waals surface area contributed by atoms with Crippen molar-refractivity contribution in [3.05, 3.63) is 63.6 Å². The molecule has 2 aromatic carbocycles. The van der Waals surface area contributed by atoms with Crippen LogP contribution in [0.15, 0.2) is 42.5 Å². The monoisotopic (exact) mass is 337 g/mol. The first-order valence-electron chi connectivity index (χ1n) is 7.45. The Balaban J connectivity index is 1.88. The number of ether oxygens (including phenoxy) is 1. The molecule has 0 amide bonds. The van der Waals surface area contributed by atoms with Gasteiger partial charge in [0.1, 0.15) is 5.75 Å². The second-order valence-corrected chi connectivity index (χ2v) is 6.34. The summed E-state index contributed by atoms with van der Waals surface area (Å²) in [4.78, 5) is 0. The van der Waals surface area contributed by atoms with Crippen molar-refractivity contribution in [2.75, 3.05) is 6.54 Å². The van der Waals surface area contributed by atoms with Crippen molar-refractivity contribution in [2.24, 2.45) is 0 Å². The van der Waals surface area contributed by atoms with Crippen molar-refractivity contribution >= 4 is 23.2 Å². The minimum atomic E-state index is 0.147. The first-order chi connectivity index (χ1) is 10.5. The Morgan fingerprint density at radius 1 is 1.00 bits per heavy atom. The Labute approximate surface area is 142 Å². The minimum Gasteiger partial charge on any atom is -0.491 e. The summed E-state index contributed by atoms with van der Waals surface area (Å²) in [5.74, 6) is 0.887. The van der Waals surface area contributed by atoms with Gasteiger partial charge in [-0.15, -0.1) is 0 Å². The van der Waals surface area contributed by atoms with E-state index in [0.717, 1.165) is 40.9 Å². The molecule has 1 N–H and O–H groups in total. The van der Waals surface area contributed by atoms with E-state index in [1.54, 1.807) is 0 Å². The molecular weight excluding hydrogens is 317 g/mol. The van der Waals surface area contributed by atoms with Gasteiger partial charge in [0.2, 0.25) is 0 Å². The lowest BCUT2D eigenvalue weighted by atomic mass is 10.1. The Morgan fingerprint density at radius 3 is 2.36 bits per heavy atom. The Hall–Kier alpha value is -1.22. The normalized spacial score (nSPS) is 11.0. The van der Waals surface area contributed by atoms with Crippen LogP contribution < -0.4 is 10.1 Å². The third-order valence-corrected chi connectivity index (χ3v) is 3.69. The summed E-state index contributed by atoms with van der Waals surface area (Å²) in [6.45, 7) is 5.66. The number of hydrogen-bond acceptors (Lipinski definition) is 2. The van der Waals surface area contributed by atoms with Crippen LogP contribution in [0.1, 0.15) is 25.0 Å². The van der Waals surface area contributed by atoms with Crippen molar-refractivity contribution in [2.45, 2.75) is 32.9 Å². The molecule has 0 aliphatic heterocycles. The summed E-state index contributed by atoms with van der Waals surface area (Å²) >= 11 is 12.0. The molecule has 2 rings (SSSR count). The van der Waals surface area contributed by atoms with Crippen molar-refractivity contribution in [3.63, 3.8) is 0 Å². The lowest BCUT2D eigenvalue weighted by Crippen LogP contribution is -2.18. The summed E-state index contributed by atoms with van der Waals surface area (Å²) in [6.07, 6.45) is 1.10. The van der Waals surface area contributed by atoms with Gasteiger partial charge in [-0.05, 0) is 62.7 Å². The maximum Gasteiger partial charge on any atom is 0.124 e. The van der Waals surface area contributed by atoms with E-state index in [0.29, 0.717) is 0 Å². The van der Waals surface area contributed by atoms with Crippen LogP contribution in [0.5, 0.6) is 5.75 Å². The summed E-state index contributed by atoms with van der Waals surface area (Å²) in [5.41, 5.74) is 2.35. The molecule has 118 valence electrons. The van der Waals surface area contributed by atoms with E-state index in [1.165, 1.54) is 5.56 Å². The summed E-state index contributed by atoms with van der Waals surface area (Å²) in [7, 11) is 0. The van der Waals surface area contributed by atoms with E-state index in [4.69, 9.17) is 27.9 Å². The Morgan fingerprint density at radius 2 is 1.68 bits per heavy atom. The van der Waals surface area contributed by atoms with E-state index in [9.17, 15) is 0 Å². The van der Waals surface area contributed by atoms with Gasteiger partial charge in [-0.2, -0.15) is 0 Å². The van der Waals surface area contributed by atoms with Crippen molar-refractivity contribution in [3.8, 4) is 5.75 Å². The lowest BCUT2D eigenvalue weighted by molar-refractivity contribution is 0.239. The molecule has 0 fully saturated rings. The van der Waals surface area contributed by atoms with E-state index in [1.807, 2.05) is 44.2 Å². The van der Waals surface area contributed by atoms with Crippen LogP contribution in [0.25, 0.3) is 0 Å². The minimum absolute atomic E-state index is 0.147. The van der Waals surface area contributed by atoms with Crippen LogP contribution in [0.3, 0.4) is 0 Å². The van der Waals surface area contributed by atoms with Crippen LogP contribution in [-0.4, -0.2) is 12.6 Å². The predicted molar refractivity (Wildman–Crippen MR) is 94.1 cm³/mol. The first kappa shape index (κ1) is 17.1. The van der Waals surface area contributed by atoms with Gasteiger partial charge >= 0.3 is 0 Å². The average Bonchev–Trinajstić information content (AvgIpc) is 2.47. The Kier molecular flexibility index (Phi) is 6.56. The predicted octanol–water partition coefficient (Wildman–Crippen LogP) is 5.11. The summed E-state index contributed by atoms with van der Waals surface area (Å²) < 4.78 is 5.82. The topological polar surface area (TPSA) is 21.3 Å². The van der Waals surface area contributed by atoms with E-state index >= 15 is 0 Å². The molecule has 0 atom stereocenters. The highest BCUT2D eigenvalue weighted by Crippen LogP contribution is 2.23. The van der Waals surface area contributed by atoms with Crippen molar-refractivity contribution < 1.29 is 4.74 Å². The average molecular weight is 338 g/mol. The molecule has 0 bridgehead atoms. The van der Waals surface area contributed by atoms with Gasteiger partial charge in [-0.3, -0.25) is 0 Å². The molecule has 0 aliphatic rings. The van der Waals surface area contributed by atoms with Gasteiger partial charge in [-0.1, -0.05) is 35.3 Å². The van der Waals surface area contributed by atoms with Crippen LogP contribution in [0.4, 0.5) is 0 Å². The van der Waals surface area contributed by atoms with Crippen LogP contribution >= 0.6 is 23.2 Å². The molecule has 0 saturated carbocycles. The fraction of sp³-hybridized carbons (Fsp3) is 0.333. The SMILES string of the molecule is CC(C)Oc1ccc(Cl)cc1CNCCc1ccc(Cl)cc1. The molecule has 0 saturated heterocycles. The van der Waals surface area contributed by atoms with Crippen molar-refractivity contribution in [1.29, 1.82) is 0 Å². The zero-order valence-corrected chi connectivity index (χ0v) is 14.4. The van der Waals surface area contributed by atoms with E-state index in [-0.39, 0.29) is 6.10 Å². The van der Waals surface area contributed by atoms with Gasteiger partial charge < -0.3 is 10.1 Å². The summed E-state index contributed by atoms with van der Waals surface area (Å²) in [6, 6.07) is 13.7. The molecule has 4 heteroatoms. The zero-order valence-electron chi connectivity index (χ0n) is 12.9. The number of halogens is 2. The summed E-state index contributed by atoms with van der Waals surface area (Å²) in [5, 5.41) is 4.93. The maximum atomic E-state index is 6.08. The van der Waals surface area contributed by atoms with E-state index in [2.05, 4.69) is 17.4 Å². The highest BCUT2D eigenvalue weighted by Gasteiger charge is 2.06. The largest absolute Gasteiger partial charge is 0.491 e. The molecule has 2 aromatic rings. The van der Waals surface area contributed by atoms with Crippen LogP contribution in [0.2, 0.25) is 10.0 Å². The molecular formula is C18H21Cl2NO. The smallest absolute Gasteiger partial charge is 0.124 e. The number of benzene rings is 2. The molecule has 0 heterocycles. The number of hydrogen-bond donors (Lipinski definition) is 1. The Bertz CT molecular complexity index is 597. The second kappa shape index (κ2) is 8.42. The fourth-order valence-corrected chi connectivity index (χ4v) is 2.48.